The quantitative estimate of drug-likeness (QED) is 0.242. The van der Waals surface area contributed by atoms with Crippen molar-refractivity contribution in [2.24, 2.45) is 11.8 Å². The average Bonchev–Trinajstić information content (AvgIpc) is 2.85. The Morgan fingerprint density at radius 3 is 1.97 bits per heavy atom. The molecule has 0 saturated carbocycles. The van der Waals surface area contributed by atoms with E-state index in [9.17, 15) is 9.90 Å². The van der Waals surface area contributed by atoms with Crippen molar-refractivity contribution in [1.29, 1.82) is 0 Å². The van der Waals surface area contributed by atoms with Crippen LogP contribution in [0.25, 0.3) is 0 Å². The first-order valence-electron chi connectivity index (χ1n) is 13.3. The fourth-order valence-corrected chi connectivity index (χ4v) is 5.10. The van der Waals surface area contributed by atoms with E-state index in [4.69, 9.17) is 4.74 Å². The summed E-state index contributed by atoms with van der Waals surface area (Å²) in [6, 6.07) is 7.41. The molecule has 0 aliphatic carbocycles. The van der Waals surface area contributed by atoms with Crippen LogP contribution in [0.5, 0.6) is 5.75 Å². The first-order chi connectivity index (χ1) is 16.2. The van der Waals surface area contributed by atoms with Gasteiger partial charge in [-0.15, -0.1) is 24.8 Å². The van der Waals surface area contributed by atoms with Gasteiger partial charge in [-0.05, 0) is 114 Å². The van der Waals surface area contributed by atoms with Gasteiger partial charge in [-0.2, -0.15) is 0 Å². The lowest BCUT2D eigenvalue weighted by Crippen LogP contribution is -2.39. The zero-order chi connectivity index (χ0) is 23.1. The molecule has 0 amide bonds. The van der Waals surface area contributed by atoms with E-state index in [2.05, 4.69) is 16.0 Å². The molecule has 4 N–H and O–H groups in total. The molecule has 0 bridgehead atoms. The molecule has 2 saturated heterocycles. The number of piperidine rings is 2. The van der Waals surface area contributed by atoms with Crippen molar-refractivity contribution in [2.45, 2.75) is 76.7 Å². The average molecular weight is 533 g/mol. The Hall–Kier alpha value is -1.05. The van der Waals surface area contributed by atoms with Gasteiger partial charge in [-0.1, -0.05) is 31.4 Å². The maximum Gasteiger partial charge on any atom is 0.321 e. The minimum Gasteiger partial charge on any atom is -0.494 e. The number of nitrogens with one attached hydrogen (secondary N) is 3. The third-order valence-electron chi connectivity index (χ3n) is 7.28. The van der Waals surface area contributed by atoms with Crippen LogP contribution in [0.15, 0.2) is 24.3 Å². The zero-order valence-electron chi connectivity index (χ0n) is 21.1. The van der Waals surface area contributed by atoms with Gasteiger partial charge in [0.2, 0.25) is 0 Å². The van der Waals surface area contributed by atoms with E-state index in [-0.39, 0.29) is 24.8 Å². The number of halogens is 2. The Morgan fingerprint density at radius 1 is 0.886 bits per heavy atom. The number of rotatable bonds is 15. The molecule has 3 rings (SSSR count). The maximum absolute atomic E-state index is 11.7. The van der Waals surface area contributed by atoms with Crippen molar-refractivity contribution in [3.8, 4) is 5.75 Å². The molecule has 202 valence electrons. The van der Waals surface area contributed by atoms with Gasteiger partial charge in [0.15, 0.2) is 0 Å². The Labute approximate surface area is 224 Å². The number of unbranched alkanes of at least 4 members (excludes halogenated alkanes) is 2. The summed E-state index contributed by atoms with van der Waals surface area (Å²) in [4.78, 5) is 11.7. The SMILES string of the molecule is Cl.Cl.O=C(O)[C@H](Cc1ccc(OCCCCC2CCNCC2)cc1)NCCCCC1CCNCC1. The summed E-state index contributed by atoms with van der Waals surface area (Å²) in [6.07, 6.45) is 12.8. The number of hydrogen-bond acceptors (Lipinski definition) is 5. The number of carboxylic acids is 1. The van der Waals surface area contributed by atoms with Gasteiger partial charge in [0.1, 0.15) is 11.8 Å². The summed E-state index contributed by atoms with van der Waals surface area (Å²) in [5.41, 5.74) is 1.03. The molecule has 35 heavy (non-hydrogen) atoms. The van der Waals surface area contributed by atoms with E-state index in [1.807, 2.05) is 24.3 Å². The molecule has 8 heteroatoms. The van der Waals surface area contributed by atoms with Gasteiger partial charge >= 0.3 is 5.97 Å². The Kier molecular flexibility index (Phi) is 17.5. The van der Waals surface area contributed by atoms with Crippen molar-refractivity contribution in [3.05, 3.63) is 29.8 Å². The lowest BCUT2D eigenvalue weighted by molar-refractivity contribution is -0.139. The molecule has 0 aromatic heterocycles. The number of aliphatic carboxylic acids is 1. The van der Waals surface area contributed by atoms with Crippen LogP contribution in [0.4, 0.5) is 0 Å². The highest BCUT2D eigenvalue weighted by atomic mass is 35.5. The third kappa shape index (κ3) is 13.2. The van der Waals surface area contributed by atoms with Gasteiger partial charge in [0.05, 0.1) is 6.61 Å². The second kappa shape index (κ2) is 19.1. The molecule has 2 aliphatic heterocycles. The van der Waals surface area contributed by atoms with E-state index < -0.39 is 12.0 Å². The van der Waals surface area contributed by atoms with E-state index >= 15 is 0 Å². The molecule has 1 aromatic carbocycles. The summed E-state index contributed by atoms with van der Waals surface area (Å²) >= 11 is 0. The van der Waals surface area contributed by atoms with Crippen molar-refractivity contribution < 1.29 is 14.6 Å². The second-order valence-electron chi connectivity index (χ2n) is 9.92. The summed E-state index contributed by atoms with van der Waals surface area (Å²) in [5, 5.41) is 19.7. The lowest BCUT2D eigenvalue weighted by atomic mass is 9.92. The Bertz CT molecular complexity index is 666. The molecular formula is C27H47Cl2N3O3. The fourth-order valence-electron chi connectivity index (χ4n) is 5.10. The number of carbonyl (C=O) groups is 1. The molecule has 0 radical (unpaired) electrons. The summed E-state index contributed by atoms with van der Waals surface area (Å²) < 4.78 is 5.90. The fraction of sp³-hybridized carbons (Fsp3) is 0.741. The van der Waals surface area contributed by atoms with Gasteiger partial charge in [-0.25, -0.2) is 0 Å². The standard InChI is InChI=1S/C27H45N3O3.2ClH/c31-27(32)26(30-15-3-1-5-22-11-16-28-17-12-22)21-24-7-9-25(10-8-24)33-20-4-2-6-23-13-18-29-19-14-23;;/h7-10,22-23,26,28-30H,1-6,11-21H2,(H,31,32);2*1H/t26-;;/m0../s1. The van der Waals surface area contributed by atoms with Crippen LogP contribution in [0, 0.1) is 11.8 Å². The molecule has 2 aliphatic rings. The first-order valence-corrected chi connectivity index (χ1v) is 13.3. The topological polar surface area (TPSA) is 82.6 Å². The second-order valence-corrected chi connectivity index (χ2v) is 9.92. The molecule has 2 heterocycles. The van der Waals surface area contributed by atoms with Crippen LogP contribution in [-0.4, -0.2) is 56.4 Å². The number of hydrogen-bond donors (Lipinski definition) is 4. The van der Waals surface area contributed by atoms with E-state index in [0.29, 0.717) is 6.42 Å². The van der Waals surface area contributed by atoms with Crippen molar-refractivity contribution in [3.63, 3.8) is 0 Å². The van der Waals surface area contributed by atoms with Crippen LogP contribution in [-0.2, 0) is 11.2 Å². The Morgan fingerprint density at radius 2 is 1.43 bits per heavy atom. The molecule has 1 atom stereocenters. The molecule has 0 unspecified atom stereocenters. The molecule has 0 spiro atoms. The first kappa shape index (κ1) is 32.0. The van der Waals surface area contributed by atoms with Crippen molar-refractivity contribution >= 4 is 30.8 Å². The van der Waals surface area contributed by atoms with E-state index in [0.717, 1.165) is 62.2 Å². The smallest absolute Gasteiger partial charge is 0.321 e. The van der Waals surface area contributed by atoms with Crippen molar-refractivity contribution in [2.75, 3.05) is 39.3 Å². The van der Waals surface area contributed by atoms with Gasteiger partial charge in [0.25, 0.3) is 0 Å². The largest absolute Gasteiger partial charge is 0.494 e. The highest BCUT2D eigenvalue weighted by Gasteiger charge is 2.18. The van der Waals surface area contributed by atoms with Gasteiger partial charge in [-0.3, -0.25) is 4.79 Å². The number of benzene rings is 1. The summed E-state index contributed by atoms with van der Waals surface area (Å²) in [5.74, 6) is 1.83. The predicted molar refractivity (Wildman–Crippen MR) is 148 cm³/mol. The highest BCUT2D eigenvalue weighted by molar-refractivity contribution is 5.85. The summed E-state index contributed by atoms with van der Waals surface area (Å²) in [6.45, 7) is 6.15. The molecule has 1 aromatic rings. The maximum atomic E-state index is 11.7. The van der Waals surface area contributed by atoms with Crippen LogP contribution in [0.3, 0.4) is 0 Å². The minimum atomic E-state index is -0.776. The number of carboxylic acid groups (broad SMARTS) is 1. The van der Waals surface area contributed by atoms with Gasteiger partial charge in [0, 0.05) is 0 Å². The highest BCUT2D eigenvalue weighted by Crippen LogP contribution is 2.20. The zero-order valence-corrected chi connectivity index (χ0v) is 22.8. The lowest BCUT2D eigenvalue weighted by Gasteiger charge is -2.22. The Balaban J connectivity index is 0.00000306. The molecular weight excluding hydrogens is 485 g/mol. The van der Waals surface area contributed by atoms with E-state index in [1.54, 1.807) is 0 Å². The molecule has 6 nitrogen and oxygen atoms in total. The van der Waals surface area contributed by atoms with E-state index in [1.165, 1.54) is 64.5 Å². The van der Waals surface area contributed by atoms with Gasteiger partial charge < -0.3 is 25.8 Å². The van der Waals surface area contributed by atoms with Crippen LogP contribution in [0.2, 0.25) is 0 Å². The van der Waals surface area contributed by atoms with Crippen LogP contribution in [0.1, 0.15) is 69.8 Å². The van der Waals surface area contributed by atoms with Crippen LogP contribution >= 0.6 is 24.8 Å². The van der Waals surface area contributed by atoms with Crippen molar-refractivity contribution in [1.82, 2.24) is 16.0 Å². The number of ether oxygens (including phenoxy) is 1. The normalized spacial score (nSPS) is 17.7. The monoisotopic (exact) mass is 531 g/mol. The summed E-state index contributed by atoms with van der Waals surface area (Å²) in [7, 11) is 0. The predicted octanol–water partition coefficient (Wildman–Crippen LogP) is 4.83. The van der Waals surface area contributed by atoms with Crippen LogP contribution < -0.4 is 20.7 Å². The minimum absolute atomic E-state index is 0. The third-order valence-corrected chi connectivity index (χ3v) is 7.28. The molecule has 2 fully saturated rings.